The van der Waals surface area contributed by atoms with Crippen LogP contribution >= 0.6 is 0 Å². The van der Waals surface area contributed by atoms with Gasteiger partial charge in [-0.1, -0.05) is 12.2 Å². The van der Waals surface area contributed by atoms with Gasteiger partial charge < -0.3 is 10.4 Å². The molecular weight excluding hydrogens is 285 g/mol. The van der Waals surface area contributed by atoms with E-state index < -0.39 is 29.2 Å². The molecule has 0 amide bonds. The summed E-state index contributed by atoms with van der Waals surface area (Å²) < 4.78 is 38.0. The van der Waals surface area contributed by atoms with Gasteiger partial charge in [-0.2, -0.15) is 18.4 Å². The van der Waals surface area contributed by atoms with Gasteiger partial charge in [0.1, 0.15) is 0 Å². The quantitative estimate of drug-likeness (QED) is 0.841. The van der Waals surface area contributed by atoms with Crippen LogP contribution in [0.15, 0.2) is 30.4 Å². The molecule has 2 N–H and O–H groups in total. The number of carbonyl (C=O) groups is 1. The second-order valence-electron chi connectivity index (χ2n) is 4.69. The number of carboxylic acids is 1. The molecule has 2 unspecified atom stereocenters. The minimum absolute atomic E-state index is 0.283. The van der Waals surface area contributed by atoms with Crippen LogP contribution in [0, 0.1) is 17.2 Å². The maximum atomic E-state index is 12.7. The predicted molar refractivity (Wildman–Crippen MR) is 68.5 cm³/mol. The number of anilines is 1. The Morgan fingerprint density at radius 3 is 2.62 bits per heavy atom. The van der Waals surface area contributed by atoms with Gasteiger partial charge in [0.05, 0.1) is 23.1 Å². The second kappa shape index (κ2) is 5.48. The van der Waals surface area contributed by atoms with Gasteiger partial charge in [0.15, 0.2) is 0 Å². The van der Waals surface area contributed by atoms with Crippen molar-refractivity contribution in [2.45, 2.75) is 18.6 Å². The van der Waals surface area contributed by atoms with Crippen molar-refractivity contribution >= 4 is 11.7 Å². The van der Waals surface area contributed by atoms with Crippen LogP contribution in [-0.4, -0.2) is 17.1 Å². The van der Waals surface area contributed by atoms with E-state index in [1.807, 2.05) is 0 Å². The Labute approximate surface area is 118 Å². The van der Waals surface area contributed by atoms with E-state index in [4.69, 9.17) is 10.4 Å². The highest BCUT2D eigenvalue weighted by molar-refractivity contribution is 5.73. The number of carboxylic acid groups (broad SMARTS) is 1. The molecule has 0 radical (unpaired) electrons. The highest BCUT2D eigenvalue weighted by Gasteiger charge is 2.33. The van der Waals surface area contributed by atoms with Gasteiger partial charge in [-0.25, -0.2) is 0 Å². The Kier molecular flexibility index (Phi) is 3.89. The fraction of sp³-hybridized carbons (Fsp3) is 0.286. The van der Waals surface area contributed by atoms with Gasteiger partial charge in [0.25, 0.3) is 0 Å². The first-order valence-corrected chi connectivity index (χ1v) is 6.10. The van der Waals surface area contributed by atoms with Crippen LogP contribution in [0.4, 0.5) is 18.9 Å². The number of halogens is 3. The summed E-state index contributed by atoms with van der Waals surface area (Å²) in [5, 5.41) is 20.6. The van der Waals surface area contributed by atoms with Gasteiger partial charge in [-0.05, 0) is 24.6 Å². The topological polar surface area (TPSA) is 73.1 Å². The van der Waals surface area contributed by atoms with E-state index in [2.05, 4.69) is 5.32 Å². The standard InChI is InChI=1S/C14H11F3N2O2/c15-14(16,17)12-4-3-11(6-9(12)7-18)19-10-2-1-8(5-10)13(20)21/h1-4,6,8,10,19H,5H2,(H,20,21). The molecule has 0 saturated carbocycles. The van der Waals surface area contributed by atoms with E-state index in [0.717, 1.165) is 12.1 Å². The molecule has 1 aromatic rings. The molecular formula is C14H11F3N2O2. The largest absolute Gasteiger partial charge is 0.481 e. The minimum Gasteiger partial charge on any atom is -0.481 e. The zero-order valence-corrected chi connectivity index (χ0v) is 10.7. The molecule has 0 saturated heterocycles. The van der Waals surface area contributed by atoms with Gasteiger partial charge in [-0.3, -0.25) is 4.79 Å². The molecule has 110 valence electrons. The first-order valence-electron chi connectivity index (χ1n) is 6.10. The van der Waals surface area contributed by atoms with Gasteiger partial charge in [0, 0.05) is 11.7 Å². The molecule has 0 bridgehead atoms. The molecule has 4 nitrogen and oxygen atoms in total. The fourth-order valence-electron chi connectivity index (χ4n) is 2.18. The average Bonchev–Trinajstić information content (AvgIpc) is 2.86. The van der Waals surface area contributed by atoms with Crippen LogP contribution in [-0.2, 0) is 11.0 Å². The van der Waals surface area contributed by atoms with Crippen LogP contribution in [0.25, 0.3) is 0 Å². The third-order valence-electron chi connectivity index (χ3n) is 3.20. The van der Waals surface area contributed by atoms with Crippen molar-refractivity contribution in [3.05, 3.63) is 41.5 Å². The average molecular weight is 296 g/mol. The van der Waals surface area contributed by atoms with Crippen molar-refractivity contribution in [3.8, 4) is 6.07 Å². The molecule has 0 aliphatic heterocycles. The summed E-state index contributed by atoms with van der Waals surface area (Å²) in [6.07, 6.45) is -1.07. The minimum atomic E-state index is -4.58. The van der Waals surface area contributed by atoms with Crippen LogP contribution in [0.3, 0.4) is 0 Å². The van der Waals surface area contributed by atoms with Crippen molar-refractivity contribution in [1.29, 1.82) is 5.26 Å². The summed E-state index contributed by atoms with van der Waals surface area (Å²) >= 11 is 0. The zero-order valence-electron chi connectivity index (χ0n) is 10.7. The first kappa shape index (κ1) is 14.9. The van der Waals surface area contributed by atoms with Crippen LogP contribution in [0.5, 0.6) is 0 Å². The number of alkyl halides is 3. The molecule has 21 heavy (non-hydrogen) atoms. The number of rotatable bonds is 3. The Morgan fingerprint density at radius 1 is 1.38 bits per heavy atom. The van der Waals surface area contributed by atoms with E-state index in [9.17, 15) is 18.0 Å². The lowest BCUT2D eigenvalue weighted by molar-refractivity contribution is -0.140. The Morgan fingerprint density at radius 2 is 2.10 bits per heavy atom. The molecule has 2 rings (SSSR count). The molecule has 0 spiro atoms. The van der Waals surface area contributed by atoms with Crippen molar-refractivity contribution < 1.29 is 23.1 Å². The van der Waals surface area contributed by atoms with E-state index in [0.29, 0.717) is 12.1 Å². The van der Waals surface area contributed by atoms with Crippen molar-refractivity contribution in [2.75, 3.05) is 5.32 Å². The van der Waals surface area contributed by atoms with Crippen LogP contribution in [0.2, 0.25) is 0 Å². The highest BCUT2D eigenvalue weighted by Crippen LogP contribution is 2.33. The molecule has 0 aromatic heterocycles. The Hall–Kier alpha value is -2.49. The lowest BCUT2D eigenvalue weighted by Crippen LogP contribution is -2.19. The van der Waals surface area contributed by atoms with Crippen molar-refractivity contribution in [1.82, 2.24) is 0 Å². The molecule has 2 atom stereocenters. The summed E-state index contributed by atoms with van der Waals surface area (Å²) in [5.41, 5.74) is -1.11. The second-order valence-corrected chi connectivity index (χ2v) is 4.69. The van der Waals surface area contributed by atoms with E-state index >= 15 is 0 Å². The molecule has 0 heterocycles. The molecule has 1 aromatic carbocycles. The van der Waals surface area contributed by atoms with E-state index in [-0.39, 0.29) is 6.04 Å². The normalized spacial score (nSPS) is 21.0. The monoisotopic (exact) mass is 296 g/mol. The predicted octanol–water partition coefficient (Wildman–Crippen LogP) is 3.02. The number of nitrogens with zero attached hydrogens (tertiary/aromatic N) is 1. The Bertz CT molecular complexity index is 632. The Balaban J connectivity index is 2.15. The SMILES string of the molecule is N#Cc1cc(NC2C=CC(C(=O)O)C2)ccc1C(F)(F)F. The molecule has 7 heteroatoms. The first-order chi connectivity index (χ1) is 9.81. The lowest BCUT2D eigenvalue weighted by atomic mass is 10.1. The lowest BCUT2D eigenvalue weighted by Gasteiger charge is -2.15. The fourth-order valence-corrected chi connectivity index (χ4v) is 2.18. The number of benzene rings is 1. The summed E-state index contributed by atoms with van der Waals surface area (Å²) in [5.74, 6) is -1.55. The highest BCUT2D eigenvalue weighted by atomic mass is 19.4. The van der Waals surface area contributed by atoms with Crippen LogP contribution in [0.1, 0.15) is 17.5 Å². The smallest absolute Gasteiger partial charge is 0.417 e. The number of aliphatic carboxylic acids is 1. The third kappa shape index (κ3) is 3.34. The summed E-state index contributed by atoms with van der Waals surface area (Å²) in [7, 11) is 0. The number of nitrogens with one attached hydrogen (secondary N) is 1. The maximum Gasteiger partial charge on any atom is 0.417 e. The van der Waals surface area contributed by atoms with Crippen molar-refractivity contribution in [3.63, 3.8) is 0 Å². The summed E-state index contributed by atoms with van der Waals surface area (Å²) in [6, 6.07) is 4.42. The molecule has 1 aliphatic rings. The van der Waals surface area contributed by atoms with E-state index in [1.165, 1.54) is 18.2 Å². The summed E-state index contributed by atoms with van der Waals surface area (Å²) in [6.45, 7) is 0. The number of nitriles is 1. The van der Waals surface area contributed by atoms with E-state index in [1.54, 1.807) is 6.08 Å². The molecule has 0 fully saturated rings. The number of hydrogen-bond donors (Lipinski definition) is 2. The van der Waals surface area contributed by atoms with Gasteiger partial charge >= 0.3 is 12.1 Å². The zero-order chi connectivity index (χ0) is 15.6. The number of hydrogen-bond acceptors (Lipinski definition) is 3. The van der Waals surface area contributed by atoms with Gasteiger partial charge in [-0.15, -0.1) is 0 Å². The van der Waals surface area contributed by atoms with Crippen LogP contribution < -0.4 is 5.32 Å². The van der Waals surface area contributed by atoms with Crippen molar-refractivity contribution in [2.24, 2.45) is 5.92 Å². The molecule has 1 aliphatic carbocycles. The summed E-state index contributed by atoms with van der Waals surface area (Å²) in [4.78, 5) is 10.8. The van der Waals surface area contributed by atoms with Gasteiger partial charge in [0.2, 0.25) is 0 Å². The maximum absolute atomic E-state index is 12.7. The third-order valence-corrected chi connectivity index (χ3v) is 3.20.